The summed E-state index contributed by atoms with van der Waals surface area (Å²) in [4.78, 5) is 19.8. The van der Waals surface area contributed by atoms with Gasteiger partial charge in [-0.05, 0) is 73.7 Å². The van der Waals surface area contributed by atoms with Crippen LogP contribution in [0.25, 0.3) is 0 Å². The van der Waals surface area contributed by atoms with Gasteiger partial charge in [-0.1, -0.05) is 0 Å². The Morgan fingerprint density at radius 2 is 1.56 bits per heavy atom. The van der Waals surface area contributed by atoms with Crippen LogP contribution in [-0.4, -0.2) is 81.0 Å². The Hall–Kier alpha value is -2.62. The van der Waals surface area contributed by atoms with Crippen LogP contribution >= 0.6 is 0 Å². The summed E-state index contributed by atoms with van der Waals surface area (Å²) >= 11 is 0. The van der Waals surface area contributed by atoms with Gasteiger partial charge in [-0.2, -0.15) is 4.31 Å². The van der Waals surface area contributed by atoms with Gasteiger partial charge in [-0.15, -0.1) is 0 Å². The molecule has 0 spiro atoms. The van der Waals surface area contributed by atoms with E-state index in [9.17, 15) is 18.3 Å². The molecule has 2 saturated heterocycles. The number of fused-ring (bicyclic) bond motifs is 1. The van der Waals surface area contributed by atoms with E-state index in [4.69, 9.17) is 0 Å². The summed E-state index contributed by atoms with van der Waals surface area (Å²) in [6.07, 6.45) is 3.44. The molecule has 0 atom stereocenters. The van der Waals surface area contributed by atoms with Crippen LogP contribution in [0.1, 0.15) is 24.8 Å². The third-order valence-electron chi connectivity index (χ3n) is 7.12. The van der Waals surface area contributed by atoms with Gasteiger partial charge >= 0.3 is 0 Å². The average molecular weight is 485 g/mol. The normalized spacial score (nSPS) is 19.9. The number of phenolic OH excluding ortho intramolecular Hbond substituents is 1. The maximum Gasteiger partial charge on any atom is 0.243 e. The first-order valence-electron chi connectivity index (χ1n) is 12.1. The zero-order chi connectivity index (χ0) is 23.7. The minimum Gasteiger partial charge on any atom is -0.508 e. The monoisotopic (exact) mass is 484 g/mol. The number of carbonyl (C=O) groups is 1. The van der Waals surface area contributed by atoms with Gasteiger partial charge in [-0.3, -0.25) is 9.69 Å². The highest BCUT2D eigenvalue weighted by Crippen LogP contribution is 2.31. The molecule has 0 aliphatic carbocycles. The molecule has 5 rings (SSSR count). The minimum absolute atomic E-state index is 0.0641. The van der Waals surface area contributed by atoms with E-state index in [1.165, 1.54) is 0 Å². The number of phenols is 1. The van der Waals surface area contributed by atoms with Crippen molar-refractivity contribution in [2.24, 2.45) is 0 Å². The lowest BCUT2D eigenvalue weighted by molar-refractivity contribution is -0.119. The average Bonchev–Trinajstić information content (AvgIpc) is 3.40. The van der Waals surface area contributed by atoms with Crippen LogP contribution in [0, 0.1) is 0 Å². The van der Waals surface area contributed by atoms with Gasteiger partial charge < -0.3 is 14.9 Å². The number of rotatable bonds is 5. The summed E-state index contributed by atoms with van der Waals surface area (Å²) in [6, 6.07) is 12.5. The molecule has 0 unspecified atom stereocenters. The standard InChI is InChI=1S/C25H32N4O4S/c30-22-7-5-21(6-8-22)27-16-14-26(15-17-27)19-25(31)29-13-3-4-20-18-23(9-10-24(20)29)34(32,33)28-11-1-2-12-28/h5-10,18,30H,1-4,11-17,19H2. The van der Waals surface area contributed by atoms with Gasteiger partial charge in [0.05, 0.1) is 11.4 Å². The summed E-state index contributed by atoms with van der Waals surface area (Å²) in [7, 11) is -3.46. The fraction of sp³-hybridized carbons (Fsp3) is 0.480. The number of hydrogen-bond donors (Lipinski definition) is 1. The van der Waals surface area contributed by atoms with Crippen molar-refractivity contribution in [1.29, 1.82) is 0 Å². The summed E-state index contributed by atoms with van der Waals surface area (Å²) in [5.41, 5.74) is 2.87. The Kier molecular flexibility index (Phi) is 6.50. The van der Waals surface area contributed by atoms with Gasteiger partial charge in [0.25, 0.3) is 0 Å². The Morgan fingerprint density at radius 3 is 2.26 bits per heavy atom. The highest BCUT2D eigenvalue weighted by Gasteiger charge is 2.30. The quantitative estimate of drug-likeness (QED) is 0.701. The van der Waals surface area contributed by atoms with Crippen molar-refractivity contribution in [2.45, 2.75) is 30.6 Å². The second-order valence-electron chi connectivity index (χ2n) is 9.33. The molecule has 0 saturated carbocycles. The predicted molar refractivity (Wildman–Crippen MR) is 132 cm³/mol. The largest absolute Gasteiger partial charge is 0.508 e. The molecule has 0 aromatic heterocycles. The summed E-state index contributed by atoms with van der Waals surface area (Å²) < 4.78 is 27.5. The van der Waals surface area contributed by atoms with Crippen molar-refractivity contribution in [3.63, 3.8) is 0 Å². The lowest BCUT2D eigenvalue weighted by atomic mass is 10.0. The molecule has 2 aromatic carbocycles. The molecule has 2 fully saturated rings. The van der Waals surface area contributed by atoms with Crippen molar-refractivity contribution >= 4 is 27.3 Å². The van der Waals surface area contributed by atoms with E-state index in [0.717, 1.165) is 68.8 Å². The summed E-state index contributed by atoms with van der Waals surface area (Å²) in [5, 5.41) is 9.49. The van der Waals surface area contributed by atoms with E-state index in [1.807, 2.05) is 23.1 Å². The van der Waals surface area contributed by atoms with Crippen LogP contribution in [0.3, 0.4) is 0 Å². The third-order valence-corrected chi connectivity index (χ3v) is 9.01. The zero-order valence-corrected chi connectivity index (χ0v) is 20.2. The molecule has 1 N–H and O–H groups in total. The van der Waals surface area contributed by atoms with Crippen molar-refractivity contribution < 1.29 is 18.3 Å². The van der Waals surface area contributed by atoms with E-state index in [1.54, 1.807) is 28.6 Å². The number of sulfonamides is 1. The minimum atomic E-state index is -3.46. The number of benzene rings is 2. The van der Waals surface area contributed by atoms with E-state index in [0.29, 0.717) is 31.1 Å². The molecule has 0 bridgehead atoms. The Balaban J connectivity index is 1.23. The van der Waals surface area contributed by atoms with Crippen molar-refractivity contribution in [3.05, 3.63) is 48.0 Å². The number of hydrogen-bond acceptors (Lipinski definition) is 6. The van der Waals surface area contributed by atoms with Crippen LogP contribution in [-0.2, 0) is 21.2 Å². The lowest BCUT2D eigenvalue weighted by Gasteiger charge is -2.37. The van der Waals surface area contributed by atoms with Gasteiger partial charge in [0.1, 0.15) is 5.75 Å². The molecule has 3 heterocycles. The number of aryl methyl sites for hydroxylation is 1. The number of nitrogens with zero attached hydrogens (tertiary/aromatic N) is 4. The fourth-order valence-electron chi connectivity index (χ4n) is 5.17. The molecule has 182 valence electrons. The fourth-order valence-corrected chi connectivity index (χ4v) is 6.74. The SMILES string of the molecule is O=C(CN1CCN(c2ccc(O)cc2)CC1)N1CCCc2cc(S(=O)(=O)N3CCCC3)ccc21. The molecule has 0 radical (unpaired) electrons. The number of aromatic hydroxyl groups is 1. The van der Waals surface area contributed by atoms with E-state index in [-0.39, 0.29) is 11.7 Å². The van der Waals surface area contributed by atoms with Crippen LogP contribution < -0.4 is 9.80 Å². The summed E-state index contributed by atoms with van der Waals surface area (Å²) in [5.74, 6) is 0.324. The smallest absolute Gasteiger partial charge is 0.243 e. The molecule has 8 nitrogen and oxygen atoms in total. The zero-order valence-electron chi connectivity index (χ0n) is 19.4. The first-order chi connectivity index (χ1) is 16.4. The van der Waals surface area contributed by atoms with Gasteiger partial charge in [0.2, 0.25) is 15.9 Å². The molecule has 34 heavy (non-hydrogen) atoms. The number of piperazine rings is 1. The van der Waals surface area contributed by atoms with Crippen LogP contribution in [0.5, 0.6) is 5.75 Å². The molecular weight excluding hydrogens is 452 g/mol. The van der Waals surface area contributed by atoms with Crippen LogP contribution in [0.15, 0.2) is 47.4 Å². The second kappa shape index (κ2) is 9.56. The number of anilines is 2. The first-order valence-corrected chi connectivity index (χ1v) is 13.6. The molecule has 1 amide bonds. The van der Waals surface area contributed by atoms with Gasteiger partial charge in [0.15, 0.2) is 0 Å². The van der Waals surface area contributed by atoms with E-state index < -0.39 is 10.0 Å². The molecule has 3 aliphatic rings. The highest BCUT2D eigenvalue weighted by atomic mass is 32.2. The van der Waals surface area contributed by atoms with Crippen LogP contribution in [0.4, 0.5) is 11.4 Å². The number of carbonyl (C=O) groups excluding carboxylic acids is 1. The lowest BCUT2D eigenvalue weighted by Crippen LogP contribution is -2.50. The maximum atomic E-state index is 13.2. The van der Waals surface area contributed by atoms with Gasteiger partial charge in [-0.25, -0.2) is 8.42 Å². The van der Waals surface area contributed by atoms with Crippen molar-refractivity contribution in [2.75, 3.05) is 62.2 Å². The van der Waals surface area contributed by atoms with E-state index >= 15 is 0 Å². The Labute approximate surface area is 201 Å². The molecule has 9 heteroatoms. The van der Waals surface area contributed by atoms with Crippen molar-refractivity contribution in [3.8, 4) is 5.75 Å². The Morgan fingerprint density at radius 1 is 0.853 bits per heavy atom. The Bertz CT molecular complexity index is 1140. The number of amides is 1. The van der Waals surface area contributed by atoms with Crippen molar-refractivity contribution in [1.82, 2.24) is 9.21 Å². The topological polar surface area (TPSA) is 84.4 Å². The highest BCUT2D eigenvalue weighted by molar-refractivity contribution is 7.89. The van der Waals surface area contributed by atoms with E-state index in [2.05, 4.69) is 9.80 Å². The maximum absolute atomic E-state index is 13.2. The molecule has 3 aliphatic heterocycles. The first kappa shape index (κ1) is 23.1. The second-order valence-corrected chi connectivity index (χ2v) is 11.3. The predicted octanol–water partition coefficient (Wildman–Crippen LogP) is 2.28. The summed E-state index contributed by atoms with van der Waals surface area (Å²) in [6.45, 7) is 5.43. The van der Waals surface area contributed by atoms with Gasteiger partial charge in [0, 0.05) is 57.2 Å². The molecule has 2 aromatic rings. The van der Waals surface area contributed by atoms with Crippen LogP contribution in [0.2, 0.25) is 0 Å². The molecular formula is C25H32N4O4S. The third kappa shape index (κ3) is 4.64.